The van der Waals surface area contributed by atoms with Crippen LogP contribution in [0, 0.1) is 12.7 Å². The standard InChI is InChI=1S/C9H10BrFO/c1-6-2-3-8(11)7(4-6)9(12)5-10/h2-4,9,12H,5H2,1H3. The number of hydrogen-bond acceptors (Lipinski definition) is 1. The van der Waals surface area contributed by atoms with Crippen LogP contribution in [0.3, 0.4) is 0 Å². The van der Waals surface area contributed by atoms with Crippen molar-refractivity contribution in [1.29, 1.82) is 0 Å². The summed E-state index contributed by atoms with van der Waals surface area (Å²) >= 11 is 3.09. The Hall–Kier alpha value is -0.410. The van der Waals surface area contributed by atoms with Crippen molar-refractivity contribution in [1.82, 2.24) is 0 Å². The lowest BCUT2D eigenvalue weighted by Crippen LogP contribution is -2.01. The van der Waals surface area contributed by atoms with Gasteiger partial charge in [0.25, 0.3) is 0 Å². The molecule has 0 heterocycles. The Bertz CT molecular complexity index is 275. The number of halogens is 2. The van der Waals surface area contributed by atoms with Gasteiger partial charge >= 0.3 is 0 Å². The third kappa shape index (κ3) is 2.05. The Labute approximate surface area is 79.4 Å². The highest BCUT2D eigenvalue weighted by molar-refractivity contribution is 9.09. The number of aryl methyl sites for hydroxylation is 1. The highest BCUT2D eigenvalue weighted by Gasteiger charge is 2.10. The van der Waals surface area contributed by atoms with Crippen LogP contribution in [0.2, 0.25) is 0 Å². The molecular formula is C9H10BrFO. The molecule has 0 aliphatic rings. The fourth-order valence-corrected chi connectivity index (χ4v) is 1.35. The van der Waals surface area contributed by atoms with Crippen molar-refractivity contribution >= 4 is 15.9 Å². The van der Waals surface area contributed by atoms with Gasteiger partial charge in [-0.3, -0.25) is 0 Å². The molecule has 0 bridgehead atoms. The zero-order valence-corrected chi connectivity index (χ0v) is 8.31. The van der Waals surface area contributed by atoms with Crippen molar-refractivity contribution in [3.8, 4) is 0 Å². The van der Waals surface area contributed by atoms with Crippen LogP contribution in [0.25, 0.3) is 0 Å². The molecule has 0 saturated heterocycles. The molecule has 0 spiro atoms. The highest BCUT2D eigenvalue weighted by atomic mass is 79.9. The topological polar surface area (TPSA) is 20.2 Å². The van der Waals surface area contributed by atoms with Crippen molar-refractivity contribution in [2.24, 2.45) is 0 Å². The van der Waals surface area contributed by atoms with Crippen molar-refractivity contribution in [3.63, 3.8) is 0 Å². The summed E-state index contributed by atoms with van der Waals surface area (Å²) in [7, 11) is 0. The summed E-state index contributed by atoms with van der Waals surface area (Å²) in [5.74, 6) is -0.354. The van der Waals surface area contributed by atoms with Gasteiger partial charge in [-0.05, 0) is 13.0 Å². The van der Waals surface area contributed by atoms with E-state index in [1.165, 1.54) is 6.07 Å². The van der Waals surface area contributed by atoms with Gasteiger partial charge < -0.3 is 5.11 Å². The minimum Gasteiger partial charge on any atom is -0.387 e. The van der Waals surface area contributed by atoms with Gasteiger partial charge in [-0.2, -0.15) is 0 Å². The molecule has 1 atom stereocenters. The largest absolute Gasteiger partial charge is 0.387 e. The second-order valence-corrected chi connectivity index (χ2v) is 3.34. The van der Waals surface area contributed by atoms with Crippen LogP contribution < -0.4 is 0 Å². The first-order valence-corrected chi connectivity index (χ1v) is 4.77. The molecule has 1 rings (SSSR count). The van der Waals surface area contributed by atoms with E-state index in [1.807, 2.05) is 6.92 Å². The summed E-state index contributed by atoms with van der Waals surface area (Å²) in [5.41, 5.74) is 1.30. The van der Waals surface area contributed by atoms with E-state index in [0.29, 0.717) is 10.9 Å². The summed E-state index contributed by atoms with van der Waals surface area (Å²) in [6.45, 7) is 1.86. The maximum absolute atomic E-state index is 13.0. The Morgan fingerprint density at radius 1 is 1.58 bits per heavy atom. The fraction of sp³-hybridized carbons (Fsp3) is 0.333. The van der Waals surface area contributed by atoms with Crippen molar-refractivity contribution < 1.29 is 9.50 Å². The molecule has 1 aromatic carbocycles. The monoisotopic (exact) mass is 232 g/mol. The van der Waals surface area contributed by atoms with E-state index < -0.39 is 6.10 Å². The van der Waals surface area contributed by atoms with Gasteiger partial charge in [0.05, 0.1) is 6.10 Å². The summed E-state index contributed by atoms with van der Waals surface area (Å²) in [5, 5.41) is 9.70. The van der Waals surface area contributed by atoms with Gasteiger partial charge in [0.2, 0.25) is 0 Å². The summed E-state index contributed by atoms with van der Waals surface area (Å²) in [6, 6.07) is 4.71. The number of hydrogen-bond donors (Lipinski definition) is 1. The van der Waals surface area contributed by atoms with E-state index in [9.17, 15) is 9.50 Å². The molecule has 1 N–H and O–H groups in total. The van der Waals surface area contributed by atoms with Crippen LogP contribution in [0.4, 0.5) is 4.39 Å². The lowest BCUT2D eigenvalue weighted by molar-refractivity contribution is 0.200. The molecule has 0 fully saturated rings. The molecule has 1 aromatic rings. The van der Waals surface area contributed by atoms with Gasteiger partial charge in [0.1, 0.15) is 5.82 Å². The first kappa shape index (κ1) is 9.68. The molecule has 66 valence electrons. The van der Waals surface area contributed by atoms with E-state index in [1.54, 1.807) is 12.1 Å². The maximum atomic E-state index is 13.0. The number of aliphatic hydroxyl groups is 1. The molecule has 0 aliphatic heterocycles. The normalized spacial score (nSPS) is 13.0. The summed E-state index contributed by atoms with van der Waals surface area (Å²) < 4.78 is 13.0. The Morgan fingerprint density at radius 3 is 2.83 bits per heavy atom. The van der Waals surface area contributed by atoms with Gasteiger partial charge in [-0.15, -0.1) is 0 Å². The Morgan fingerprint density at radius 2 is 2.25 bits per heavy atom. The number of aliphatic hydroxyl groups excluding tert-OH is 1. The van der Waals surface area contributed by atoms with E-state index in [0.717, 1.165) is 5.56 Å². The second kappa shape index (κ2) is 4.01. The average molecular weight is 233 g/mol. The fourth-order valence-electron chi connectivity index (χ4n) is 1.00. The predicted octanol–water partition coefficient (Wildman–Crippen LogP) is 2.56. The predicted molar refractivity (Wildman–Crippen MR) is 49.9 cm³/mol. The number of rotatable bonds is 2. The third-order valence-corrected chi connectivity index (χ3v) is 2.27. The average Bonchev–Trinajstić information content (AvgIpc) is 2.08. The molecule has 0 saturated carbocycles. The van der Waals surface area contributed by atoms with Gasteiger partial charge in [-0.25, -0.2) is 4.39 Å². The van der Waals surface area contributed by atoms with E-state index in [4.69, 9.17) is 0 Å². The Balaban J connectivity index is 3.04. The SMILES string of the molecule is Cc1ccc(F)c(C(O)CBr)c1. The quantitative estimate of drug-likeness (QED) is 0.778. The van der Waals surface area contributed by atoms with Crippen LogP contribution in [0.15, 0.2) is 18.2 Å². The van der Waals surface area contributed by atoms with Crippen LogP contribution >= 0.6 is 15.9 Å². The molecule has 1 unspecified atom stereocenters. The molecule has 3 heteroatoms. The molecular weight excluding hydrogens is 223 g/mol. The lowest BCUT2D eigenvalue weighted by Gasteiger charge is -2.08. The van der Waals surface area contributed by atoms with Crippen LogP contribution in [-0.2, 0) is 0 Å². The van der Waals surface area contributed by atoms with Crippen LogP contribution in [0.5, 0.6) is 0 Å². The highest BCUT2D eigenvalue weighted by Crippen LogP contribution is 2.19. The summed E-state index contributed by atoms with van der Waals surface area (Å²) in [6.07, 6.45) is -0.759. The summed E-state index contributed by atoms with van der Waals surface area (Å²) in [4.78, 5) is 0. The zero-order valence-electron chi connectivity index (χ0n) is 6.72. The zero-order chi connectivity index (χ0) is 9.14. The van der Waals surface area contributed by atoms with Gasteiger partial charge in [0, 0.05) is 10.9 Å². The van der Waals surface area contributed by atoms with Crippen molar-refractivity contribution in [2.45, 2.75) is 13.0 Å². The van der Waals surface area contributed by atoms with Gasteiger partial charge in [-0.1, -0.05) is 33.6 Å². The minimum absolute atomic E-state index is 0.354. The van der Waals surface area contributed by atoms with E-state index in [-0.39, 0.29) is 5.82 Å². The number of benzene rings is 1. The minimum atomic E-state index is -0.759. The van der Waals surface area contributed by atoms with E-state index in [2.05, 4.69) is 15.9 Å². The molecule has 0 radical (unpaired) electrons. The maximum Gasteiger partial charge on any atom is 0.129 e. The molecule has 0 aliphatic carbocycles. The molecule has 12 heavy (non-hydrogen) atoms. The molecule has 0 aromatic heterocycles. The van der Waals surface area contributed by atoms with Crippen molar-refractivity contribution in [2.75, 3.05) is 5.33 Å². The Kier molecular flexibility index (Phi) is 3.23. The van der Waals surface area contributed by atoms with Crippen LogP contribution in [-0.4, -0.2) is 10.4 Å². The van der Waals surface area contributed by atoms with E-state index >= 15 is 0 Å². The van der Waals surface area contributed by atoms with Crippen molar-refractivity contribution in [3.05, 3.63) is 35.1 Å². The van der Waals surface area contributed by atoms with Gasteiger partial charge in [0.15, 0.2) is 0 Å². The molecule has 1 nitrogen and oxygen atoms in total. The number of alkyl halides is 1. The third-order valence-electron chi connectivity index (χ3n) is 1.66. The second-order valence-electron chi connectivity index (χ2n) is 2.70. The first-order chi connectivity index (χ1) is 5.65. The smallest absolute Gasteiger partial charge is 0.129 e. The lowest BCUT2D eigenvalue weighted by atomic mass is 10.1. The van der Waals surface area contributed by atoms with Crippen LogP contribution in [0.1, 0.15) is 17.2 Å². The first-order valence-electron chi connectivity index (χ1n) is 3.65. The molecule has 0 amide bonds.